The molecular weight excluding hydrogens is 316 g/mol. The summed E-state index contributed by atoms with van der Waals surface area (Å²) in [6.45, 7) is 8.44. The zero-order valence-electron chi connectivity index (χ0n) is 15.8. The summed E-state index contributed by atoms with van der Waals surface area (Å²) in [5.41, 5.74) is 2.24. The Morgan fingerprint density at radius 2 is 2.20 bits per heavy atom. The van der Waals surface area contributed by atoms with Crippen molar-refractivity contribution < 1.29 is 9.53 Å². The summed E-state index contributed by atoms with van der Waals surface area (Å²) in [6.07, 6.45) is 6.67. The van der Waals surface area contributed by atoms with Crippen LogP contribution in [0.2, 0.25) is 0 Å². The number of nitrogens with one attached hydrogen (secondary N) is 2. The minimum atomic E-state index is -0.0553. The van der Waals surface area contributed by atoms with Crippen LogP contribution in [-0.4, -0.2) is 40.6 Å². The minimum Gasteiger partial charge on any atom is -0.375 e. The molecule has 2 heterocycles. The van der Waals surface area contributed by atoms with E-state index in [1.807, 2.05) is 11.6 Å². The molecular formula is C19H32N4O2. The number of carbonyl (C=O) groups excluding carboxylic acids is 1. The summed E-state index contributed by atoms with van der Waals surface area (Å²) in [5.74, 6) is 0.333. The van der Waals surface area contributed by atoms with E-state index in [4.69, 9.17) is 4.74 Å². The molecule has 2 fully saturated rings. The smallest absolute Gasteiger partial charge is 0.315 e. The highest BCUT2D eigenvalue weighted by Gasteiger charge is 2.40. The normalized spacial score (nSPS) is 23.6. The third-order valence-corrected chi connectivity index (χ3v) is 5.54. The fourth-order valence-corrected chi connectivity index (χ4v) is 4.24. The Kier molecular flexibility index (Phi) is 5.67. The first-order valence-electron chi connectivity index (χ1n) is 9.65. The number of amides is 2. The highest BCUT2D eigenvalue weighted by Crippen LogP contribution is 2.39. The monoisotopic (exact) mass is 348 g/mol. The fourth-order valence-electron chi connectivity index (χ4n) is 4.24. The van der Waals surface area contributed by atoms with Gasteiger partial charge in [-0.1, -0.05) is 19.8 Å². The van der Waals surface area contributed by atoms with Crippen molar-refractivity contribution in [3.8, 4) is 0 Å². The largest absolute Gasteiger partial charge is 0.375 e. The Morgan fingerprint density at radius 3 is 2.88 bits per heavy atom. The third kappa shape index (κ3) is 4.75. The highest BCUT2D eigenvalue weighted by atomic mass is 16.5. The van der Waals surface area contributed by atoms with Crippen molar-refractivity contribution in [1.29, 1.82) is 0 Å². The molecule has 6 heteroatoms. The van der Waals surface area contributed by atoms with Crippen molar-refractivity contribution in [3.05, 3.63) is 17.5 Å². The van der Waals surface area contributed by atoms with Gasteiger partial charge in [-0.15, -0.1) is 0 Å². The third-order valence-electron chi connectivity index (χ3n) is 5.54. The van der Waals surface area contributed by atoms with Crippen LogP contribution in [0.3, 0.4) is 0 Å². The Morgan fingerprint density at radius 1 is 1.44 bits per heavy atom. The van der Waals surface area contributed by atoms with Crippen LogP contribution in [0.5, 0.6) is 0 Å². The van der Waals surface area contributed by atoms with E-state index < -0.39 is 0 Å². The molecule has 3 rings (SSSR count). The van der Waals surface area contributed by atoms with Crippen molar-refractivity contribution in [2.75, 3.05) is 13.2 Å². The first kappa shape index (κ1) is 18.2. The van der Waals surface area contributed by atoms with E-state index >= 15 is 0 Å². The quantitative estimate of drug-likeness (QED) is 0.860. The van der Waals surface area contributed by atoms with Crippen LogP contribution in [0.1, 0.15) is 56.8 Å². The van der Waals surface area contributed by atoms with Crippen LogP contribution in [0.4, 0.5) is 4.79 Å². The van der Waals surface area contributed by atoms with Gasteiger partial charge in [-0.05, 0) is 51.5 Å². The van der Waals surface area contributed by atoms with E-state index in [9.17, 15) is 4.79 Å². The Balaban J connectivity index is 1.41. The van der Waals surface area contributed by atoms with Gasteiger partial charge in [0.2, 0.25) is 0 Å². The molecule has 1 aromatic rings. The van der Waals surface area contributed by atoms with Gasteiger partial charge >= 0.3 is 6.03 Å². The van der Waals surface area contributed by atoms with Gasteiger partial charge in [0, 0.05) is 31.4 Å². The van der Waals surface area contributed by atoms with Crippen LogP contribution >= 0.6 is 0 Å². The molecule has 1 aliphatic heterocycles. The van der Waals surface area contributed by atoms with E-state index in [1.165, 1.54) is 12.8 Å². The van der Waals surface area contributed by atoms with Crippen molar-refractivity contribution in [1.82, 2.24) is 20.4 Å². The molecule has 1 aliphatic carbocycles. The van der Waals surface area contributed by atoms with Crippen LogP contribution in [0, 0.1) is 19.8 Å². The van der Waals surface area contributed by atoms with Crippen molar-refractivity contribution in [2.45, 2.75) is 77.5 Å². The van der Waals surface area contributed by atoms with Crippen LogP contribution < -0.4 is 10.6 Å². The van der Waals surface area contributed by atoms with E-state index in [0.29, 0.717) is 12.5 Å². The predicted octanol–water partition coefficient (Wildman–Crippen LogP) is 2.93. The first-order valence-corrected chi connectivity index (χ1v) is 9.65. The van der Waals surface area contributed by atoms with E-state index in [2.05, 4.69) is 35.6 Å². The van der Waals surface area contributed by atoms with E-state index in [0.717, 1.165) is 50.2 Å². The molecule has 25 heavy (non-hydrogen) atoms. The molecule has 0 unspecified atom stereocenters. The molecule has 1 saturated heterocycles. The summed E-state index contributed by atoms with van der Waals surface area (Å²) in [5, 5.41) is 10.7. The average molecular weight is 348 g/mol. The molecule has 2 aliphatic rings. The van der Waals surface area contributed by atoms with Crippen molar-refractivity contribution in [2.24, 2.45) is 5.92 Å². The standard InChI is InChI=1S/C19H32N4O2/c1-14(13-23-16(3)10-15(2)22-23)12-20-18(24)21-17-6-9-25-19(11-17)7-4-5-8-19/h10,14,17H,4-9,11-13H2,1-3H3,(H2,20,21,24)/t14-,17-/m1/s1. The summed E-state index contributed by atoms with van der Waals surface area (Å²) < 4.78 is 8.05. The number of carbonyl (C=O) groups is 1. The Bertz CT molecular complexity index is 592. The second-order valence-corrected chi connectivity index (χ2v) is 8.00. The van der Waals surface area contributed by atoms with Crippen LogP contribution in [-0.2, 0) is 11.3 Å². The predicted molar refractivity (Wildman–Crippen MR) is 97.6 cm³/mol. The van der Waals surface area contributed by atoms with Gasteiger partial charge in [0.15, 0.2) is 0 Å². The summed E-state index contributed by atoms with van der Waals surface area (Å²) >= 11 is 0. The molecule has 0 aromatic carbocycles. The molecule has 140 valence electrons. The highest BCUT2D eigenvalue weighted by molar-refractivity contribution is 5.74. The lowest BCUT2D eigenvalue weighted by Crippen LogP contribution is -2.50. The number of hydrogen-bond acceptors (Lipinski definition) is 3. The number of aromatic nitrogens is 2. The van der Waals surface area contributed by atoms with Gasteiger partial charge in [0.25, 0.3) is 0 Å². The number of ether oxygens (including phenoxy) is 1. The number of urea groups is 1. The molecule has 2 amide bonds. The summed E-state index contributed by atoms with van der Waals surface area (Å²) in [6, 6.07) is 2.26. The molecule has 0 radical (unpaired) electrons. The Hall–Kier alpha value is -1.56. The average Bonchev–Trinajstić information content (AvgIpc) is 3.12. The van der Waals surface area contributed by atoms with Gasteiger partial charge in [-0.25, -0.2) is 4.79 Å². The summed E-state index contributed by atoms with van der Waals surface area (Å²) in [7, 11) is 0. The second-order valence-electron chi connectivity index (χ2n) is 8.00. The SMILES string of the molecule is Cc1cc(C)n(C[C@H](C)CNC(=O)N[C@@H]2CCOC3(CCCC3)C2)n1. The maximum atomic E-state index is 12.3. The number of hydrogen-bond donors (Lipinski definition) is 2. The zero-order valence-corrected chi connectivity index (χ0v) is 15.8. The minimum absolute atomic E-state index is 0.0406. The van der Waals surface area contributed by atoms with Crippen molar-refractivity contribution in [3.63, 3.8) is 0 Å². The fraction of sp³-hybridized carbons (Fsp3) is 0.789. The molecule has 1 spiro atoms. The zero-order chi connectivity index (χ0) is 17.9. The Labute approximate surface area is 150 Å². The molecule has 6 nitrogen and oxygen atoms in total. The maximum absolute atomic E-state index is 12.3. The van der Waals surface area contributed by atoms with Gasteiger partial charge in [-0.3, -0.25) is 4.68 Å². The van der Waals surface area contributed by atoms with E-state index in [1.54, 1.807) is 0 Å². The number of aryl methyl sites for hydroxylation is 2. The van der Waals surface area contributed by atoms with Crippen LogP contribution in [0.25, 0.3) is 0 Å². The first-order chi connectivity index (χ1) is 12.0. The lowest BCUT2D eigenvalue weighted by atomic mass is 9.89. The van der Waals surface area contributed by atoms with E-state index in [-0.39, 0.29) is 17.7 Å². The van der Waals surface area contributed by atoms with Gasteiger partial charge < -0.3 is 15.4 Å². The molecule has 0 bridgehead atoms. The maximum Gasteiger partial charge on any atom is 0.315 e. The topological polar surface area (TPSA) is 68.2 Å². The van der Waals surface area contributed by atoms with Gasteiger partial charge in [-0.2, -0.15) is 5.10 Å². The second kappa shape index (κ2) is 7.77. The number of rotatable bonds is 5. The van der Waals surface area contributed by atoms with Gasteiger partial charge in [0.05, 0.1) is 11.3 Å². The summed E-state index contributed by atoms with van der Waals surface area (Å²) in [4.78, 5) is 12.3. The molecule has 2 atom stereocenters. The molecule has 1 aromatic heterocycles. The number of nitrogens with zero attached hydrogens (tertiary/aromatic N) is 2. The van der Waals surface area contributed by atoms with Crippen LogP contribution in [0.15, 0.2) is 6.07 Å². The van der Waals surface area contributed by atoms with Crippen molar-refractivity contribution >= 4 is 6.03 Å². The lowest BCUT2D eigenvalue weighted by molar-refractivity contribution is -0.0820. The molecule has 2 N–H and O–H groups in total. The molecule has 1 saturated carbocycles. The van der Waals surface area contributed by atoms with Gasteiger partial charge in [0.1, 0.15) is 0 Å². The lowest BCUT2D eigenvalue weighted by Gasteiger charge is -2.38.